The number of rotatable bonds is 8. The van der Waals surface area contributed by atoms with E-state index in [1.165, 1.54) is 66.2 Å². The average molecular weight is 665 g/mol. The number of aromatic nitrogens is 2. The van der Waals surface area contributed by atoms with Crippen molar-refractivity contribution in [2.45, 2.75) is 6.42 Å². The molecule has 52 heavy (non-hydrogen) atoms. The molecule has 2 nitrogen and oxygen atoms in total. The van der Waals surface area contributed by atoms with E-state index in [0.29, 0.717) is 0 Å². The molecule has 0 aliphatic carbocycles. The SMILES string of the molecule is C=Cc1c(/C=C\Cc2ccccc2-c2ccc3c(c2)c2cnccc2n3-c2ccccc2)c(-c2ccccc2)c2ccccc2c1-c1ccccc1. The van der Waals surface area contributed by atoms with Crippen LogP contribution in [0.2, 0.25) is 0 Å². The van der Waals surface area contributed by atoms with Crippen molar-refractivity contribution in [3.05, 3.63) is 206 Å². The van der Waals surface area contributed by atoms with Crippen LogP contribution in [-0.4, -0.2) is 9.55 Å². The van der Waals surface area contributed by atoms with Gasteiger partial charge in [0.2, 0.25) is 0 Å². The van der Waals surface area contributed by atoms with Crippen molar-refractivity contribution in [1.82, 2.24) is 9.55 Å². The molecule has 9 aromatic rings. The molecule has 0 saturated heterocycles. The maximum Gasteiger partial charge on any atom is 0.0571 e. The fourth-order valence-corrected chi connectivity index (χ4v) is 7.87. The van der Waals surface area contributed by atoms with Crippen LogP contribution in [0.25, 0.3) is 83.8 Å². The van der Waals surface area contributed by atoms with Gasteiger partial charge in [-0.2, -0.15) is 0 Å². The zero-order valence-electron chi connectivity index (χ0n) is 28.8. The van der Waals surface area contributed by atoms with E-state index in [9.17, 15) is 0 Å². The van der Waals surface area contributed by atoms with E-state index < -0.39 is 0 Å². The molecule has 0 fully saturated rings. The van der Waals surface area contributed by atoms with Gasteiger partial charge in [0, 0.05) is 28.9 Å². The molecule has 0 atom stereocenters. The second-order valence-electron chi connectivity index (χ2n) is 13.1. The number of fused-ring (bicyclic) bond motifs is 4. The van der Waals surface area contributed by atoms with Gasteiger partial charge in [0.1, 0.15) is 0 Å². The molecule has 0 amide bonds. The Kier molecular flexibility index (Phi) is 8.11. The molecule has 0 spiro atoms. The summed E-state index contributed by atoms with van der Waals surface area (Å²) >= 11 is 0. The lowest BCUT2D eigenvalue weighted by Gasteiger charge is -2.20. The number of para-hydroxylation sites is 1. The maximum absolute atomic E-state index is 4.52. The van der Waals surface area contributed by atoms with Crippen molar-refractivity contribution in [3.8, 4) is 39.1 Å². The Morgan fingerprint density at radius 1 is 0.519 bits per heavy atom. The summed E-state index contributed by atoms with van der Waals surface area (Å²) in [6.45, 7) is 4.37. The molecule has 0 unspecified atom stereocenters. The number of hydrogen-bond donors (Lipinski definition) is 0. The van der Waals surface area contributed by atoms with Crippen molar-refractivity contribution >= 4 is 44.7 Å². The molecule has 2 aromatic heterocycles. The van der Waals surface area contributed by atoms with Crippen LogP contribution in [0.4, 0.5) is 0 Å². The van der Waals surface area contributed by atoms with Crippen molar-refractivity contribution in [2.24, 2.45) is 0 Å². The summed E-state index contributed by atoms with van der Waals surface area (Å²) in [5.41, 5.74) is 14.3. The van der Waals surface area contributed by atoms with E-state index in [1.807, 2.05) is 18.5 Å². The van der Waals surface area contributed by atoms with E-state index in [-0.39, 0.29) is 0 Å². The highest BCUT2D eigenvalue weighted by molar-refractivity contribution is 6.12. The minimum absolute atomic E-state index is 0.778. The lowest BCUT2D eigenvalue weighted by molar-refractivity contribution is 1.17. The Labute approximate surface area is 304 Å². The predicted molar refractivity (Wildman–Crippen MR) is 222 cm³/mol. The summed E-state index contributed by atoms with van der Waals surface area (Å²) in [6, 6.07) is 58.5. The van der Waals surface area contributed by atoms with Gasteiger partial charge in [-0.3, -0.25) is 4.98 Å². The van der Waals surface area contributed by atoms with E-state index in [2.05, 4.69) is 192 Å². The quantitative estimate of drug-likeness (QED) is 0.158. The summed E-state index contributed by atoms with van der Waals surface area (Å²) < 4.78 is 2.33. The van der Waals surface area contributed by atoms with E-state index >= 15 is 0 Å². The minimum atomic E-state index is 0.778. The van der Waals surface area contributed by atoms with Gasteiger partial charge in [-0.15, -0.1) is 0 Å². The fourth-order valence-electron chi connectivity index (χ4n) is 7.87. The number of pyridine rings is 1. The zero-order valence-corrected chi connectivity index (χ0v) is 28.8. The van der Waals surface area contributed by atoms with Gasteiger partial charge in [-0.1, -0.05) is 158 Å². The molecule has 2 heteroatoms. The monoisotopic (exact) mass is 664 g/mol. The fraction of sp³-hybridized carbons (Fsp3) is 0.0200. The first-order valence-electron chi connectivity index (χ1n) is 17.8. The van der Waals surface area contributed by atoms with Crippen molar-refractivity contribution in [1.29, 1.82) is 0 Å². The van der Waals surface area contributed by atoms with Crippen LogP contribution in [0.1, 0.15) is 16.7 Å². The zero-order chi connectivity index (χ0) is 34.9. The van der Waals surface area contributed by atoms with Gasteiger partial charge in [-0.25, -0.2) is 0 Å². The third-order valence-corrected chi connectivity index (χ3v) is 10.2. The molecule has 246 valence electrons. The first-order valence-corrected chi connectivity index (χ1v) is 17.8. The Balaban J connectivity index is 1.17. The van der Waals surface area contributed by atoms with Crippen LogP contribution >= 0.6 is 0 Å². The molecular weight excluding hydrogens is 629 g/mol. The first-order chi connectivity index (χ1) is 25.8. The Bertz CT molecular complexity index is 2760. The van der Waals surface area contributed by atoms with Gasteiger partial charge in [0.05, 0.1) is 11.0 Å². The van der Waals surface area contributed by atoms with Gasteiger partial charge < -0.3 is 4.57 Å². The minimum Gasteiger partial charge on any atom is -0.309 e. The van der Waals surface area contributed by atoms with Crippen LogP contribution in [0.15, 0.2) is 189 Å². The van der Waals surface area contributed by atoms with Gasteiger partial charge in [0.25, 0.3) is 0 Å². The first kappa shape index (κ1) is 31.2. The maximum atomic E-state index is 4.52. The predicted octanol–water partition coefficient (Wildman–Crippen LogP) is 13.2. The third kappa shape index (κ3) is 5.42. The summed E-state index contributed by atoms with van der Waals surface area (Å²) in [5.74, 6) is 0. The molecule has 0 radical (unpaired) electrons. The van der Waals surface area contributed by atoms with Crippen molar-refractivity contribution < 1.29 is 0 Å². The highest BCUT2D eigenvalue weighted by Crippen LogP contribution is 2.43. The Morgan fingerprint density at radius 3 is 1.81 bits per heavy atom. The molecule has 9 rings (SSSR count). The van der Waals surface area contributed by atoms with E-state index in [0.717, 1.165) is 28.6 Å². The highest BCUT2D eigenvalue weighted by Gasteiger charge is 2.19. The van der Waals surface area contributed by atoms with Gasteiger partial charge >= 0.3 is 0 Å². The van der Waals surface area contributed by atoms with Crippen LogP contribution in [-0.2, 0) is 6.42 Å². The van der Waals surface area contributed by atoms with Crippen LogP contribution in [0.3, 0.4) is 0 Å². The lowest BCUT2D eigenvalue weighted by atomic mass is 9.83. The Hall–Kier alpha value is -6.77. The number of allylic oxidation sites excluding steroid dienone is 1. The summed E-state index contributed by atoms with van der Waals surface area (Å²) in [4.78, 5) is 4.52. The van der Waals surface area contributed by atoms with Crippen molar-refractivity contribution in [3.63, 3.8) is 0 Å². The number of benzene rings is 7. The summed E-state index contributed by atoms with van der Waals surface area (Å²) in [6.07, 6.45) is 11.3. The van der Waals surface area contributed by atoms with Crippen LogP contribution in [0.5, 0.6) is 0 Å². The third-order valence-electron chi connectivity index (χ3n) is 10.2. The smallest absolute Gasteiger partial charge is 0.0571 e. The molecule has 0 saturated carbocycles. The topological polar surface area (TPSA) is 17.8 Å². The molecule has 2 heterocycles. The van der Waals surface area contributed by atoms with Gasteiger partial charge in [0.15, 0.2) is 0 Å². The van der Waals surface area contributed by atoms with Crippen LogP contribution in [0, 0.1) is 0 Å². The molecular formula is C50H36N2. The number of nitrogens with zero attached hydrogens (tertiary/aromatic N) is 2. The molecule has 0 aliphatic rings. The molecule has 0 bridgehead atoms. The summed E-state index contributed by atoms with van der Waals surface area (Å²) in [7, 11) is 0. The normalized spacial score (nSPS) is 11.5. The van der Waals surface area contributed by atoms with Crippen LogP contribution < -0.4 is 0 Å². The largest absolute Gasteiger partial charge is 0.309 e. The highest BCUT2D eigenvalue weighted by atomic mass is 15.0. The molecule has 0 aliphatic heterocycles. The number of hydrogen-bond acceptors (Lipinski definition) is 1. The van der Waals surface area contributed by atoms with Gasteiger partial charge in [-0.05, 0) is 97.6 Å². The van der Waals surface area contributed by atoms with Crippen molar-refractivity contribution in [2.75, 3.05) is 0 Å². The average Bonchev–Trinajstić information content (AvgIpc) is 3.55. The second kappa shape index (κ2) is 13.5. The summed E-state index contributed by atoms with van der Waals surface area (Å²) in [5, 5.41) is 4.80. The molecule has 7 aromatic carbocycles. The second-order valence-corrected chi connectivity index (χ2v) is 13.1. The Morgan fingerprint density at radius 2 is 1.12 bits per heavy atom. The van der Waals surface area contributed by atoms with E-state index in [4.69, 9.17) is 0 Å². The standard InChI is InChI=1S/C50H36N2/c1-2-40-42(50(37-20-8-4-9-21-37)44-27-15-14-26-43(44)49(40)36-18-6-3-7-19-36)28-16-22-35-17-12-13-25-41(35)38-29-30-47-45(33-38)46-34-51-32-31-48(46)52(47)39-23-10-5-11-24-39/h2-21,23-34H,1,22H2/b28-16-. The van der Waals surface area contributed by atoms with E-state index in [1.54, 1.807) is 0 Å². The molecule has 0 N–H and O–H groups in total. The lowest BCUT2D eigenvalue weighted by Crippen LogP contribution is -1.96.